The molecule has 0 bridgehead atoms. The molecule has 1 aromatic rings. The molecule has 1 N–H and O–H groups in total. The average molecular weight is 389 g/mol. The van der Waals surface area contributed by atoms with E-state index < -0.39 is 17.6 Å². The van der Waals surface area contributed by atoms with Gasteiger partial charge in [-0.3, -0.25) is 9.59 Å². The van der Waals surface area contributed by atoms with Gasteiger partial charge in [0.05, 0.1) is 5.57 Å². The third-order valence-corrected chi connectivity index (χ3v) is 4.70. The number of carbonyl (C=O) groups excluding carboxylic acids is 2. The van der Waals surface area contributed by atoms with E-state index in [9.17, 15) is 18.4 Å². The third-order valence-electron chi connectivity index (χ3n) is 4.70. The fourth-order valence-corrected chi connectivity index (χ4v) is 3.02. The minimum atomic E-state index is -1.52. The van der Waals surface area contributed by atoms with Crippen LogP contribution >= 0.6 is 0 Å². The Labute approximate surface area is 166 Å². The highest BCUT2D eigenvalue weighted by Crippen LogP contribution is 2.30. The van der Waals surface area contributed by atoms with Crippen LogP contribution in [0, 0.1) is 0 Å². The van der Waals surface area contributed by atoms with Crippen molar-refractivity contribution >= 4 is 23.8 Å². The summed E-state index contributed by atoms with van der Waals surface area (Å²) in [6.07, 6.45) is 6.17. The van der Waals surface area contributed by atoms with Crippen LogP contribution in [0.4, 0.5) is 14.5 Å². The summed E-state index contributed by atoms with van der Waals surface area (Å²) in [5.74, 6) is -0.880. The van der Waals surface area contributed by atoms with E-state index in [1.54, 1.807) is 0 Å². The lowest BCUT2D eigenvalue weighted by molar-refractivity contribution is -0.106. The Morgan fingerprint density at radius 3 is 2.32 bits per heavy atom. The van der Waals surface area contributed by atoms with Crippen molar-refractivity contribution in [2.75, 3.05) is 12.4 Å². The summed E-state index contributed by atoms with van der Waals surface area (Å²) in [6.45, 7) is 4.62. The number of nitrogens with one attached hydrogen (secondary N) is 1. The van der Waals surface area contributed by atoms with Crippen molar-refractivity contribution in [2.45, 2.75) is 51.6 Å². The fraction of sp³-hybridized carbons (Fsp3) is 0.391. The van der Waals surface area contributed by atoms with Gasteiger partial charge in [0, 0.05) is 12.7 Å². The highest BCUT2D eigenvalue weighted by molar-refractivity contribution is 5.88. The topological polar surface area (TPSA) is 46.2 Å². The molecule has 3 nitrogen and oxygen atoms in total. The number of halogens is 2. The summed E-state index contributed by atoms with van der Waals surface area (Å²) < 4.78 is 25.2. The van der Waals surface area contributed by atoms with E-state index in [0.717, 1.165) is 42.9 Å². The van der Waals surface area contributed by atoms with Crippen molar-refractivity contribution in [1.82, 2.24) is 0 Å². The van der Waals surface area contributed by atoms with Crippen molar-refractivity contribution in [3.63, 3.8) is 0 Å². The first-order chi connectivity index (χ1) is 13.5. The summed E-state index contributed by atoms with van der Waals surface area (Å²) in [6, 6.07) is 8.34. The molecule has 2 rings (SSSR count). The molecule has 1 unspecified atom stereocenters. The SMILES string of the molecule is C=C/C(F)=C(/C=O)C(F)CC.CNc1ccc(C2=C(C=O)CCCCC2)cc1. The summed E-state index contributed by atoms with van der Waals surface area (Å²) in [7, 11) is 1.91. The van der Waals surface area contributed by atoms with E-state index in [0.29, 0.717) is 0 Å². The van der Waals surface area contributed by atoms with Gasteiger partial charge in [0.15, 0.2) is 6.29 Å². The first-order valence-electron chi connectivity index (χ1n) is 9.59. The summed E-state index contributed by atoms with van der Waals surface area (Å²) in [4.78, 5) is 21.3. The average Bonchev–Trinajstić information content (AvgIpc) is 2.99. The normalized spacial score (nSPS) is 16.0. The van der Waals surface area contributed by atoms with E-state index in [-0.39, 0.29) is 12.7 Å². The van der Waals surface area contributed by atoms with Gasteiger partial charge in [0.1, 0.15) is 18.3 Å². The van der Waals surface area contributed by atoms with E-state index in [1.807, 2.05) is 7.05 Å². The molecule has 0 fully saturated rings. The zero-order chi connectivity index (χ0) is 20.9. The predicted octanol–water partition coefficient (Wildman–Crippen LogP) is 5.99. The second-order valence-corrected chi connectivity index (χ2v) is 6.51. The van der Waals surface area contributed by atoms with Gasteiger partial charge in [-0.25, -0.2) is 8.78 Å². The Morgan fingerprint density at radius 1 is 1.18 bits per heavy atom. The number of hydrogen-bond donors (Lipinski definition) is 1. The van der Waals surface area contributed by atoms with Gasteiger partial charge in [0.2, 0.25) is 0 Å². The van der Waals surface area contributed by atoms with Crippen molar-refractivity contribution in [1.29, 1.82) is 0 Å². The van der Waals surface area contributed by atoms with E-state index >= 15 is 0 Å². The molecule has 0 heterocycles. The lowest BCUT2D eigenvalue weighted by Gasteiger charge is -2.09. The lowest BCUT2D eigenvalue weighted by atomic mass is 9.96. The Morgan fingerprint density at radius 2 is 1.82 bits per heavy atom. The molecule has 0 radical (unpaired) electrons. The molecule has 1 aliphatic rings. The number of carbonyl (C=O) groups is 2. The number of allylic oxidation sites excluding steroid dienone is 5. The van der Waals surface area contributed by atoms with Gasteiger partial charge >= 0.3 is 0 Å². The van der Waals surface area contributed by atoms with Crippen LogP contribution in [-0.2, 0) is 9.59 Å². The van der Waals surface area contributed by atoms with Gasteiger partial charge in [-0.05, 0) is 67.0 Å². The molecule has 1 aliphatic carbocycles. The minimum absolute atomic E-state index is 0.0926. The minimum Gasteiger partial charge on any atom is -0.388 e. The first-order valence-corrected chi connectivity index (χ1v) is 9.59. The maximum Gasteiger partial charge on any atom is 0.151 e. The summed E-state index contributed by atoms with van der Waals surface area (Å²) >= 11 is 0. The van der Waals surface area contributed by atoms with Gasteiger partial charge < -0.3 is 5.32 Å². The molecule has 0 saturated heterocycles. The van der Waals surface area contributed by atoms with Crippen LogP contribution in [0.2, 0.25) is 0 Å². The van der Waals surface area contributed by atoms with Crippen LogP contribution in [0.1, 0.15) is 51.0 Å². The number of anilines is 1. The summed E-state index contributed by atoms with van der Waals surface area (Å²) in [5, 5.41) is 3.11. The molecule has 152 valence electrons. The van der Waals surface area contributed by atoms with Gasteiger partial charge in [-0.2, -0.15) is 0 Å². The Bertz CT molecular complexity index is 721. The van der Waals surface area contributed by atoms with Crippen molar-refractivity contribution in [3.8, 4) is 0 Å². The molecular formula is C23H29F2NO2. The zero-order valence-corrected chi connectivity index (χ0v) is 16.6. The van der Waals surface area contributed by atoms with E-state index in [1.165, 1.54) is 30.9 Å². The van der Waals surface area contributed by atoms with E-state index in [4.69, 9.17) is 0 Å². The van der Waals surface area contributed by atoms with Crippen LogP contribution in [0.5, 0.6) is 0 Å². The second-order valence-electron chi connectivity index (χ2n) is 6.51. The smallest absolute Gasteiger partial charge is 0.151 e. The number of alkyl halides is 1. The zero-order valence-electron chi connectivity index (χ0n) is 16.6. The molecule has 1 aromatic carbocycles. The Kier molecular flexibility index (Phi) is 10.7. The van der Waals surface area contributed by atoms with Crippen LogP contribution in [0.3, 0.4) is 0 Å². The van der Waals surface area contributed by atoms with Crippen LogP contribution < -0.4 is 5.32 Å². The van der Waals surface area contributed by atoms with Crippen molar-refractivity contribution < 1.29 is 18.4 Å². The number of benzene rings is 1. The standard InChI is InChI=1S/C15H19NO.C8H10F2O/c1-16-14-9-7-12(8-10-14)15-6-4-2-3-5-13(15)11-17;1-3-7(9)6(5-11)8(10)4-2/h7-11,16H,2-6H2,1H3;3,5,8H,1,4H2,2H3/b;7-6+. The van der Waals surface area contributed by atoms with E-state index in [2.05, 4.69) is 36.2 Å². The number of rotatable bonds is 7. The Balaban J connectivity index is 0.000000311. The number of hydrogen-bond acceptors (Lipinski definition) is 3. The number of aldehydes is 2. The molecule has 28 heavy (non-hydrogen) atoms. The van der Waals surface area contributed by atoms with Crippen LogP contribution in [0.15, 0.2) is 53.9 Å². The van der Waals surface area contributed by atoms with Gasteiger partial charge in [-0.1, -0.05) is 32.1 Å². The largest absolute Gasteiger partial charge is 0.388 e. The van der Waals surface area contributed by atoms with Crippen molar-refractivity contribution in [3.05, 3.63) is 59.5 Å². The molecule has 0 aliphatic heterocycles. The molecular weight excluding hydrogens is 360 g/mol. The lowest BCUT2D eigenvalue weighted by Crippen LogP contribution is -2.05. The van der Waals surface area contributed by atoms with Crippen LogP contribution in [-0.4, -0.2) is 25.8 Å². The molecule has 0 spiro atoms. The quantitative estimate of drug-likeness (QED) is 0.354. The van der Waals surface area contributed by atoms with Crippen LogP contribution in [0.25, 0.3) is 5.57 Å². The molecule has 0 aromatic heterocycles. The summed E-state index contributed by atoms with van der Waals surface area (Å²) in [5.41, 5.74) is 4.10. The maximum atomic E-state index is 12.7. The highest BCUT2D eigenvalue weighted by atomic mass is 19.1. The van der Waals surface area contributed by atoms with Gasteiger partial charge in [-0.15, -0.1) is 0 Å². The first kappa shape index (κ1) is 23.5. The highest BCUT2D eigenvalue weighted by Gasteiger charge is 2.14. The third kappa shape index (κ3) is 6.87. The molecule has 0 saturated carbocycles. The fourth-order valence-electron chi connectivity index (χ4n) is 3.02. The van der Waals surface area contributed by atoms with Gasteiger partial charge in [0.25, 0.3) is 0 Å². The molecule has 5 heteroatoms. The second kappa shape index (κ2) is 12.8. The monoisotopic (exact) mass is 389 g/mol. The predicted molar refractivity (Wildman–Crippen MR) is 112 cm³/mol. The van der Waals surface area contributed by atoms with Crippen molar-refractivity contribution in [2.24, 2.45) is 0 Å². The Hall–Kier alpha value is -2.56. The maximum absolute atomic E-state index is 12.7. The molecule has 1 atom stereocenters. The molecule has 0 amide bonds.